The van der Waals surface area contributed by atoms with Crippen LogP contribution in [0.1, 0.15) is 22.8 Å². The van der Waals surface area contributed by atoms with E-state index in [1.54, 1.807) is 0 Å². The minimum absolute atomic E-state index is 0.0251. The Hall–Kier alpha value is -1.75. The Balaban J connectivity index is 2.52. The summed E-state index contributed by atoms with van der Waals surface area (Å²) in [5.41, 5.74) is 0.753. The standard InChI is InChI=1S/C13H10ClF2NO2/c1-13(15,16)5-8-4-11-7(3-10(8)14)2-9(6-17-11)12(18)19/h2-4,6H,5H2,1H3,(H,18,19). The van der Waals surface area contributed by atoms with Crippen molar-refractivity contribution in [3.8, 4) is 0 Å². The number of hydrogen-bond donors (Lipinski definition) is 1. The molecule has 1 aromatic carbocycles. The SMILES string of the molecule is CC(F)(F)Cc1cc2ncc(C(=O)O)cc2cc1Cl. The summed E-state index contributed by atoms with van der Waals surface area (Å²) < 4.78 is 26.0. The van der Waals surface area contributed by atoms with E-state index in [4.69, 9.17) is 16.7 Å². The molecule has 0 aliphatic heterocycles. The van der Waals surface area contributed by atoms with Crippen molar-refractivity contribution in [2.45, 2.75) is 19.3 Å². The first-order valence-electron chi connectivity index (χ1n) is 5.45. The molecular formula is C13H10ClF2NO2. The third-order valence-electron chi connectivity index (χ3n) is 2.60. The molecule has 0 saturated heterocycles. The number of carboxylic acid groups (broad SMARTS) is 1. The van der Waals surface area contributed by atoms with Gasteiger partial charge in [0.2, 0.25) is 5.92 Å². The van der Waals surface area contributed by atoms with Crippen LogP contribution in [0.5, 0.6) is 0 Å². The number of rotatable bonds is 3. The monoisotopic (exact) mass is 285 g/mol. The smallest absolute Gasteiger partial charge is 0.337 e. The van der Waals surface area contributed by atoms with Crippen molar-refractivity contribution in [2.24, 2.45) is 0 Å². The Kier molecular flexibility index (Phi) is 3.41. The average Bonchev–Trinajstić information content (AvgIpc) is 2.27. The third kappa shape index (κ3) is 3.17. The van der Waals surface area contributed by atoms with Crippen LogP contribution in [0.2, 0.25) is 5.02 Å². The zero-order valence-corrected chi connectivity index (χ0v) is 10.7. The highest BCUT2D eigenvalue weighted by Crippen LogP contribution is 2.28. The summed E-state index contributed by atoms with van der Waals surface area (Å²) >= 11 is 5.93. The van der Waals surface area contributed by atoms with Crippen molar-refractivity contribution in [2.75, 3.05) is 0 Å². The Labute approximate surface area is 112 Å². The van der Waals surface area contributed by atoms with Gasteiger partial charge in [0.1, 0.15) is 0 Å². The van der Waals surface area contributed by atoms with Crippen molar-refractivity contribution in [1.29, 1.82) is 0 Å². The third-order valence-corrected chi connectivity index (χ3v) is 2.95. The minimum atomic E-state index is -2.86. The number of aromatic nitrogens is 1. The lowest BCUT2D eigenvalue weighted by Gasteiger charge is -2.12. The van der Waals surface area contributed by atoms with Crippen LogP contribution in [0.15, 0.2) is 24.4 Å². The number of benzene rings is 1. The van der Waals surface area contributed by atoms with Gasteiger partial charge in [-0.15, -0.1) is 0 Å². The van der Waals surface area contributed by atoms with Gasteiger partial charge in [-0.3, -0.25) is 4.98 Å². The summed E-state index contributed by atoms with van der Waals surface area (Å²) in [6.07, 6.45) is 0.705. The van der Waals surface area contributed by atoms with E-state index in [2.05, 4.69) is 4.98 Å². The number of carbonyl (C=O) groups is 1. The molecule has 1 N–H and O–H groups in total. The number of nitrogens with zero attached hydrogens (tertiary/aromatic N) is 1. The molecule has 0 fully saturated rings. The predicted molar refractivity (Wildman–Crippen MR) is 68.0 cm³/mol. The van der Waals surface area contributed by atoms with Gasteiger partial charge in [-0.2, -0.15) is 0 Å². The first kappa shape index (κ1) is 13.7. The van der Waals surface area contributed by atoms with E-state index in [0.717, 1.165) is 6.92 Å². The lowest BCUT2D eigenvalue weighted by atomic mass is 10.0. The van der Waals surface area contributed by atoms with Crippen LogP contribution in [-0.2, 0) is 6.42 Å². The molecule has 0 saturated carbocycles. The van der Waals surface area contributed by atoms with Gasteiger partial charge >= 0.3 is 5.97 Å². The van der Waals surface area contributed by atoms with Crippen LogP contribution in [0.25, 0.3) is 10.9 Å². The van der Waals surface area contributed by atoms with Crippen molar-refractivity contribution < 1.29 is 18.7 Å². The molecular weight excluding hydrogens is 276 g/mol. The fourth-order valence-corrected chi connectivity index (χ4v) is 2.02. The molecule has 0 radical (unpaired) electrons. The summed E-state index contributed by atoms with van der Waals surface area (Å²) in [6.45, 7) is 0.814. The number of fused-ring (bicyclic) bond motifs is 1. The largest absolute Gasteiger partial charge is 0.478 e. The number of alkyl halides is 2. The van der Waals surface area contributed by atoms with Gasteiger partial charge in [0, 0.05) is 23.0 Å². The van der Waals surface area contributed by atoms with Crippen molar-refractivity contribution in [1.82, 2.24) is 4.98 Å². The summed E-state index contributed by atoms with van der Waals surface area (Å²) in [5.74, 6) is -3.96. The zero-order valence-electron chi connectivity index (χ0n) is 9.95. The van der Waals surface area contributed by atoms with Crippen LogP contribution in [0.4, 0.5) is 8.78 Å². The van der Waals surface area contributed by atoms with Gasteiger partial charge < -0.3 is 5.11 Å². The van der Waals surface area contributed by atoms with Gasteiger partial charge in [-0.05, 0) is 30.7 Å². The Bertz CT molecular complexity index is 653. The van der Waals surface area contributed by atoms with Gasteiger partial charge in [-0.25, -0.2) is 13.6 Å². The molecule has 0 aliphatic carbocycles. The highest BCUT2D eigenvalue weighted by atomic mass is 35.5. The van der Waals surface area contributed by atoms with Crippen molar-refractivity contribution in [3.63, 3.8) is 0 Å². The topological polar surface area (TPSA) is 50.2 Å². The quantitative estimate of drug-likeness (QED) is 0.933. The van der Waals surface area contributed by atoms with E-state index < -0.39 is 18.3 Å². The predicted octanol–water partition coefficient (Wildman–Crippen LogP) is 3.78. The molecule has 19 heavy (non-hydrogen) atoms. The molecule has 1 aromatic heterocycles. The molecule has 2 aromatic rings. The molecule has 3 nitrogen and oxygen atoms in total. The molecule has 0 amide bonds. The second kappa shape index (κ2) is 4.74. The molecule has 0 unspecified atom stereocenters. The van der Waals surface area contributed by atoms with Crippen molar-refractivity contribution >= 4 is 28.5 Å². The van der Waals surface area contributed by atoms with E-state index in [1.165, 1.54) is 24.4 Å². The van der Waals surface area contributed by atoms with Gasteiger partial charge in [0.15, 0.2) is 0 Å². The number of hydrogen-bond acceptors (Lipinski definition) is 2. The lowest BCUT2D eigenvalue weighted by molar-refractivity contribution is 0.0226. The highest BCUT2D eigenvalue weighted by Gasteiger charge is 2.23. The maximum absolute atomic E-state index is 13.0. The fraction of sp³-hybridized carbons (Fsp3) is 0.231. The Morgan fingerprint density at radius 3 is 2.68 bits per heavy atom. The summed E-state index contributed by atoms with van der Waals surface area (Å²) in [5, 5.41) is 9.54. The van der Waals surface area contributed by atoms with Crippen molar-refractivity contribution in [3.05, 3.63) is 40.5 Å². The maximum atomic E-state index is 13.0. The lowest BCUT2D eigenvalue weighted by Crippen LogP contribution is -2.13. The van der Waals surface area contributed by atoms with Crippen LogP contribution >= 0.6 is 11.6 Å². The first-order valence-corrected chi connectivity index (χ1v) is 5.83. The molecule has 0 spiro atoms. The Morgan fingerprint density at radius 1 is 1.42 bits per heavy atom. The fourth-order valence-electron chi connectivity index (χ4n) is 1.78. The summed E-state index contributed by atoms with van der Waals surface area (Å²) in [7, 11) is 0. The molecule has 6 heteroatoms. The summed E-state index contributed by atoms with van der Waals surface area (Å²) in [4.78, 5) is 14.8. The van der Waals surface area contributed by atoms with Gasteiger partial charge in [-0.1, -0.05) is 11.6 Å². The van der Waals surface area contributed by atoms with Crippen LogP contribution in [0.3, 0.4) is 0 Å². The first-order chi connectivity index (χ1) is 8.76. The number of carboxylic acids is 1. The van der Waals surface area contributed by atoms with Gasteiger partial charge in [0.05, 0.1) is 11.1 Å². The van der Waals surface area contributed by atoms with E-state index in [-0.39, 0.29) is 16.1 Å². The van der Waals surface area contributed by atoms with Crippen LogP contribution in [0, 0.1) is 0 Å². The summed E-state index contributed by atoms with van der Waals surface area (Å²) in [6, 6.07) is 4.32. The molecule has 1 heterocycles. The average molecular weight is 286 g/mol. The van der Waals surface area contributed by atoms with E-state index >= 15 is 0 Å². The number of halogens is 3. The van der Waals surface area contributed by atoms with Gasteiger partial charge in [0.25, 0.3) is 0 Å². The highest BCUT2D eigenvalue weighted by molar-refractivity contribution is 6.32. The van der Waals surface area contributed by atoms with E-state index in [9.17, 15) is 13.6 Å². The van der Waals surface area contributed by atoms with Crippen LogP contribution < -0.4 is 0 Å². The van der Waals surface area contributed by atoms with E-state index in [0.29, 0.717) is 10.9 Å². The molecule has 2 rings (SSSR count). The maximum Gasteiger partial charge on any atom is 0.337 e. The number of aromatic carboxylic acids is 1. The minimum Gasteiger partial charge on any atom is -0.478 e. The molecule has 0 atom stereocenters. The normalized spacial score (nSPS) is 11.8. The zero-order chi connectivity index (χ0) is 14.2. The second-order valence-electron chi connectivity index (χ2n) is 4.41. The Morgan fingerprint density at radius 2 is 2.11 bits per heavy atom. The second-order valence-corrected chi connectivity index (χ2v) is 4.82. The molecule has 0 bridgehead atoms. The molecule has 0 aliphatic rings. The number of pyridine rings is 1. The van der Waals surface area contributed by atoms with Crippen LogP contribution in [-0.4, -0.2) is 22.0 Å². The molecule has 100 valence electrons. The van der Waals surface area contributed by atoms with E-state index in [1.807, 2.05) is 0 Å².